The van der Waals surface area contributed by atoms with Gasteiger partial charge in [-0.25, -0.2) is 0 Å². The number of methoxy groups -OCH3 is 1. The third-order valence-corrected chi connectivity index (χ3v) is 4.19. The van der Waals surface area contributed by atoms with Crippen LogP contribution >= 0.6 is 27.5 Å². The summed E-state index contributed by atoms with van der Waals surface area (Å²) in [6.07, 6.45) is 1.82. The van der Waals surface area contributed by atoms with Crippen LogP contribution in [0.5, 0.6) is 5.75 Å². The average Bonchev–Trinajstić information content (AvgIpc) is 2.89. The van der Waals surface area contributed by atoms with Crippen molar-refractivity contribution in [3.05, 3.63) is 57.7 Å². The fraction of sp³-hybridized carbons (Fsp3) is 0.118. The van der Waals surface area contributed by atoms with E-state index < -0.39 is 0 Å². The van der Waals surface area contributed by atoms with Gasteiger partial charge in [-0.05, 0) is 36.4 Å². The molecule has 3 rings (SSSR count). The molecule has 0 aliphatic carbocycles. The van der Waals surface area contributed by atoms with E-state index in [-0.39, 0.29) is 12.3 Å². The van der Waals surface area contributed by atoms with Gasteiger partial charge in [0.15, 0.2) is 0 Å². The van der Waals surface area contributed by atoms with Gasteiger partial charge in [0.05, 0.1) is 24.8 Å². The number of carbonyl (C=O) groups excluding carboxylic acids is 1. The first-order chi connectivity index (χ1) is 11.1. The van der Waals surface area contributed by atoms with Crippen LogP contribution in [0.1, 0.15) is 5.56 Å². The van der Waals surface area contributed by atoms with E-state index in [9.17, 15) is 4.79 Å². The first-order valence-electron chi connectivity index (χ1n) is 6.86. The molecule has 1 aromatic heterocycles. The fourth-order valence-corrected chi connectivity index (χ4v) is 2.93. The summed E-state index contributed by atoms with van der Waals surface area (Å²) in [4.78, 5) is 12.2. The van der Waals surface area contributed by atoms with E-state index in [4.69, 9.17) is 20.8 Å². The lowest BCUT2D eigenvalue weighted by atomic mass is 10.1. The van der Waals surface area contributed by atoms with Crippen LogP contribution in [0.25, 0.3) is 11.0 Å². The predicted octanol–water partition coefficient (Wildman–Crippen LogP) is 5.04. The van der Waals surface area contributed by atoms with Crippen molar-refractivity contribution in [3.8, 4) is 5.75 Å². The second-order valence-corrected chi connectivity index (χ2v) is 6.30. The minimum Gasteiger partial charge on any atom is -0.495 e. The Morgan fingerprint density at radius 2 is 2.13 bits per heavy atom. The second kappa shape index (κ2) is 6.64. The molecule has 0 saturated heterocycles. The van der Waals surface area contributed by atoms with Gasteiger partial charge < -0.3 is 14.5 Å². The largest absolute Gasteiger partial charge is 0.495 e. The van der Waals surface area contributed by atoms with E-state index in [1.54, 1.807) is 31.6 Å². The number of benzene rings is 2. The Kier molecular flexibility index (Phi) is 4.59. The summed E-state index contributed by atoms with van der Waals surface area (Å²) in [7, 11) is 1.54. The van der Waals surface area contributed by atoms with Gasteiger partial charge >= 0.3 is 0 Å². The fourth-order valence-electron chi connectivity index (χ4n) is 2.31. The summed E-state index contributed by atoms with van der Waals surface area (Å²) in [6, 6.07) is 10.8. The molecule has 0 saturated carbocycles. The molecule has 0 bridgehead atoms. The van der Waals surface area contributed by atoms with Crippen molar-refractivity contribution in [2.45, 2.75) is 6.42 Å². The van der Waals surface area contributed by atoms with Crippen LogP contribution < -0.4 is 10.1 Å². The van der Waals surface area contributed by atoms with Crippen molar-refractivity contribution in [2.75, 3.05) is 12.4 Å². The SMILES string of the molecule is COc1ccc(NC(=O)Cc2coc3ccc(Br)cc23)cc1Cl. The van der Waals surface area contributed by atoms with E-state index in [1.807, 2.05) is 18.2 Å². The van der Waals surface area contributed by atoms with E-state index in [2.05, 4.69) is 21.2 Å². The normalized spacial score (nSPS) is 10.7. The molecular weight excluding hydrogens is 382 g/mol. The number of furan rings is 1. The van der Waals surface area contributed by atoms with Crippen LogP contribution in [0.3, 0.4) is 0 Å². The molecule has 118 valence electrons. The highest BCUT2D eigenvalue weighted by Crippen LogP contribution is 2.28. The number of hydrogen-bond donors (Lipinski definition) is 1. The van der Waals surface area contributed by atoms with Crippen molar-refractivity contribution < 1.29 is 13.9 Å². The quantitative estimate of drug-likeness (QED) is 0.674. The second-order valence-electron chi connectivity index (χ2n) is 4.98. The number of halogens is 2. The summed E-state index contributed by atoms with van der Waals surface area (Å²) in [5.74, 6) is 0.421. The summed E-state index contributed by atoms with van der Waals surface area (Å²) in [5, 5.41) is 4.19. The Labute approximate surface area is 146 Å². The lowest BCUT2D eigenvalue weighted by Crippen LogP contribution is -2.14. The molecule has 6 heteroatoms. The summed E-state index contributed by atoms with van der Waals surface area (Å²) in [6.45, 7) is 0. The van der Waals surface area contributed by atoms with Crippen molar-refractivity contribution in [1.29, 1.82) is 0 Å². The molecule has 0 aliphatic rings. The number of anilines is 1. The maximum atomic E-state index is 12.2. The maximum Gasteiger partial charge on any atom is 0.228 e. The van der Waals surface area contributed by atoms with E-state index >= 15 is 0 Å². The van der Waals surface area contributed by atoms with Gasteiger partial charge in [0, 0.05) is 21.1 Å². The number of nitrogens with one attached hydrogen (secondary N) is 1. The summed E-state index contributed by atoms with van der Waals surface area (Å²) in [5.41, 5.74) is 2.21. The Bertz CT molecular complexity index is 875. The van der Waals surface area contributed by atoms with Crippen molar-refractivity contribution in [1.82, 2.24) is 0 Å². The lowest BCUT2D eigenvalue weighted by molar-refractivity contribution is -0.115. The van der Waals surface area contributed by atoms with Gasteiger partial charge in [-0.3, -0.25) is 4.79 Å². The molecule has 0 fully saturated rings. The zero-order valence-electron chi connectivity index (χ0n) is 12.2. The molecule has 0 radical (unpaired) electrons. The summed E-state index contributed by atoms with van der Waals surface area (Å²) < 4.78 is 11.5. The van der Waals surface area contributed by atoms with E-state index in [1.165, 1.54) is 0 Å². The highest BCUT2D eigenvalue weighted by molar-refractivity contribution is 9.10. The van der Waals surface area contributed by atoms with Crippen LogP contribution in [0.2, 0.25) is 5.02 Å². The average molecular weight is 395 g/mol. The predicted molar refractivity (Wildman–Crippen MR) is 94.3 cm³/mol. The molecule has 0 aliphatic heterocycles. The monoisotopic (exact) mass is 393 g/mol. The highest BCUT2D eigenvalue weighted by Gasteiger charge is 2.12. The topological polar surface area (TPSA) is 51.5 Å². The van der Waals surface area contributed by atoms with Crippen LogP contribution in [0.4, 0.5) is 5.69 Å². The van der Waals surface area contributed by atoms with Gasteiger partial charge in [0.1, 0.15) is 11.3 Å². The molecule has 0 unspecified atom stereocenters. The number of fused-ring (bicyclic) bond motifs is 1. The molecular formula is C17H13BrClNO3. The molecule has 23 heavy (non-hydrogen) atoms. The van der Waals surface area contributed by atoms with Gasteiger partial charge in [-0.15, -0.1) is 0 Å². The molecule has 3 aromatic rings. The minimum absolute atomic E-state index is 0.145. The van der Waals surface area contributed by atoms with Gasteiger partial charge in [-0.1, -0.05) is 27.5 Å². The number of rotatable bonds is 4. The Morgan fingerprint density at radius 3 is 2.87 bits per heavy atom. The lowest BCUT2D eigenvalue weighted by Gasteiger charge is -2.07. The van der Waals surface area contributed by atoms with E-state index in [0.717, 1.165) is 21.0 Å². The molecule has 1 heterocycles. The highest BCUT2D eigenvalue weighted by atomic mass is 79.9. The standard InChI is InChI=1S/C17H13BrClNO3/c1-22-16-5-3-12(8-14(16)19)20-17(21)6-10-9-23-15-4-2-11(18)7-13(10)15/h2-5,7-9H,6H2,1H3,(H,20,21). The Balaban J connectivity index is 1.76. The van der Waals surface area contributed by atoms with E-state index in [0.29, 0.717) is 16.5 Å². The number of carbonyl (C=O) groups is 1. The van der Waals surface area contributed by atoms with Crippen LogP contribution in [-0.4, -0.2) is 13.0 Å². The van der Waals surface area contributed by atoms with Crippen LogP contribution in [0, 0.1) is 0 Å². The third kappa shape index (κ3) is 3.51. The van der Waals surface area contributed by atoms with Gasteiger partial charge in [0.2, 0.25) is 5.91 Å². The number of hydrogen-bond acceptors (Lipinski definition) is 3. The molecule has 4 nitrogen and oxygen atoms in total. The number of amides is 1. The molecule has 0 atom stereocenters. The minimum atomic E-state index is -0.145. The zero-order chi connectivity index (χ0) is 16.4. The first-order valence-corrected chi connectivity index (χ1v) is 8.03. The number of ether oxygens (including phenoxy) is 1. The molecule has 1 N–H and O–H groups in total. The van der Waals surface area contributed by atoms with Crippen molar-refractivity contribution in [3.63, 3.8) is 0 Å². The van der Waals surface area contributed by atoms with Crippen LogP contribution in [0.15, 0.2) is 51.6 Å². The zero-order valence-corrected chi connectivity index (χ0v) is 14.6. The maximum absolute atomic E-state index is 12.2. The Hall–Kier alpha value is -1.98. The van der Waals surface area contributed by atoms with Gasteiger partial charge in [0.25, 0.3) is 0 Å². The third-order valence-electron chi connectivity index (χ3n) is 3.40. The Morgan fingerprint density at radius 1 is 1.30 bits per heavy atom. The smallest absolute Gasteiger partial charge is 0.228 e. The van der Waals surface area contributed by atoms with Crippen molar-refractivity contribution >= 4 is 50.1 Å². The van der Waals surface area contributed by atoms with Crippen molar-refractivity contribution in [2.24, 2.45) is 0 Å². The first kappa shape index (κ1) is 15.9. The van der Waals surface area contributed by atoms with Gasteiger partial charge in [-0.2, -0.15) is 0 Å². The summed E-state index contributed by atoms with van der Waals surface area (Å²) >= 11 is 9.48. The molecule has 0 spiro atoms. The molecule has 2 aromatic carbocycles. The van der Waals surface area contributed by atoms with Crippen LogP contribution in [-0.2, 0) is 11.2 Å². The molecule has 1 amide bonds.